The first-order chi connectivity index (χ1) is 12.0. The average molecular weight is 336 g/mol. The molecular formula is C21H20O4. The van der Waals surface area contributed by atoms with Crippen molar-refractivity contribution in [3.05, 3.63) is 82.9 Å². The van der Waals surface area contributed by atoms with Crippen LogP contribution in [0.15, 0.2) is 66.3 Å². The molecule has 0 unspecified atom stereocenters. The van der Waals surface area contributed by atoms with E-state index in [0.717, 1.165) is 22.8 Å². The smallest absolute Gasteiger partial charge is 0.343 e. The first-order valence-electron chi connectivity index (χ1n) is 7.90. The van der Waals surface area contributed by atoms with Gasteiger partial charge < -0.3 is 9.84 Å². The molecule has 0 spiro atoms. The highest BCUT2D eigenvalue weighted by molar-refractivity contribution is 5.91. The number of carboxylic acids is 1. The van der Waals surface area contributed by atoms with E-state index in [2.05, 4.69) is 0 Å². The number of aliphatic carboxylic acids is 1. The molecule has 2 aromatic carbocycles. The van der Waals surface area contributed by atoms with Gasteiger partial charge in [-0.1, -0.05) is 35.9 Å². The van der Waals surface area contributed by atoms with Crippen molar-refractivity contribution in [2.24, 2.45) is 0 Å². The number of benzene rings is 2. The summed E-state index contributed by atoms with van der Waals surface area (Å²) in [6, 6.07) is 14.0. The Kier molecular flexibility index (Phi) is 6.29. The van der Waals surface area contributed by atoms with Crippen LogP contribution in [0.25, 0.3) is 6.08 Å². The van der Waals surface area contributed by atoms with Crippen molar-refractivity contribution < 1.29 is 19.4 Å². The molecule has 0 aliphatic carbocycles. The quantitative estimate of drug-likeness (QED) is 0.365. The molecule has 0 atom stereocenters. The number of rotatable bonds is 6. The third-order valence-corrected chi connectivity index (χ3v) is 3.45. The fourth-order valence-corrected chi connectivity index (χ4v) is 2.18. The van der Waals surface area contributed by atoms with E-state index in [1.165, 1.54) is 6.08 Å². The maximum atomic E-state index is 12.3. The second kappa shape index (κ2) is 8.64. The van der Waals surface area contributed by atoms with Crippen LogP contribution in [0.2, 0.25) is 0 Å². The Labute approximate surface area is 147 Å². The van der Waals surface area contributed by atoms with Crippen LogP contribution in [0.1, 0.15) is 35.3 Å². The fourth-order valence-electron chi connectivity index (χ4n) is 2.18. The predicted octanol–water partition coefficient (Wildman–Crippen LogP) is 4.51. The highest BCUT2D eigenvalue weighted by Gasteiger charge is 2.11. The van der Waals surface area contributed by atoms with E-state index >= 15 is 0 Å². The maximum Gasteiger partial charge on any atom is 0.343 e. The van der Waals surface area contributed by atoms with Crippen molar-refractivity contribution in [2.45, 2.75) is 20.3 Å². The van der Waals surface area contributed by atoms with Gasteiger partial charge in [0.1, 0.15) is 5.75 Å². The summed E-state index contributed by atoms with van der Waals surface area (Å²) in [5.41, 5.74) is 3.18. The monoisotopic (exact) mass is 336 g/mol. The summed E-state index contributed by atoms with van der Waals surface area (Å²) in [5.74, 6) is -0.961. The van der Waals surface area contributed by atoms with Crippen molar-refractivity contribution in [3.63, 3.8) is 0 Å². The van der Waals surface area contributed by atoms with Crippen LogP contribution >= 0.6 is 0 Å². The number of carbonyl (C=O) groups excluding carboxylic acids is 1. The van der Waals surface area contributed by atoms with E-state index in [9.17, 15) is 9.59 Å². The largest absolute Gasteiger partial charge is 0.478 e. The number of allylic oxidation sites excluding steroid dienone is 2. The molecule has 0 fully saturated rings. The zero-order valence-corrected chi connectivity index (χ0v) is 14.2. The van der Waals surface area contributed by atoms with Gasteiger partial charge in [0.2, 0.25) is 0 Å². The molecule has 0 heterocycles. The number of carboxylic acid groups (broad SMARTS) is 1. The van der Waals surface area contributed by atoms with E-state index in [0.29, 0.717) is 17.7 Å². The molecular weight excluding hydrogens is 316 g/mol. The minimum atomic E-state index is -1.01. The summed E-state index contributed by atoms with van der Waals surface area (Å²) in [6.07, 6.45) is 5.21. The zero-order valence-electron chi connectivity index (χ0n) is 14.2. The van der Waals surface area contributed by atoms with Crippen molar-refractivity contribution in [1.29, 1.82) is 0 Å². The second-order valence-corrected chi connectivity index (χ2v) is 5.78. The standard InChI is InChI=1S/C21H20O4/c1-15(2)8-11-18-14-16(10-13-20(22)23)9-12-19(18)25-21(24)17-6-4-3-5-7-17/h3-10,12-14H,11H2,1-2H3,(H,22,23)/b13-10+. The minimum Gasteiger partial charge on any atom is -0.478 e. The Morgan fingerprint density at radius 2 is 1.80 bits per heavy atom. The summed E-state index contributed by atoms with van der Waals surface area (Å²) in [7, 11) is 0. The number of ether oxygens (including phenoxy) is 1. The molecule has 0 saturated heterocycles. The third kappa shape index (κ3) is 5.77. The lowest BCUT2D eigenvalue weighted by Crippen LogP contribution is -2.09. The van der Waals surface area contributed by atoms with Crippen LogP contribution < -0.4 is 4.74 Å². The number of carbonyl (C=O) groups is 2. The van der Waals surface area contributed by atoms with Crippen LogP contribution in [0.4, 0.5) is 0 Å². The summed E-state index contributed by atoms with van der Waals surface area (Å²) in [6.45, 7) is 3.98. The van der Waals surface area contributed by atoms with Crippen molar-refractivity contribution in [3.8, 4) is 5.75 Å². The summed E-state index contributed by atoms with van der Waals surface area (Å²) in [4.78, 5) is 23.0. The summed E-state index contributed by atoms with van der Waals surface area (Å²) >= 11 is 0. The molecule has 4 heteroatoms. The van der Waals surface area contributed by atoms with Gasteiger partial charge in [0.25, 0.3) is 0 Å². The molecule has 25 heavy (non-hydrogen) atoms. The lowest BCUT2D eigenvalue weighted by atomic mass is 10.0. The van der Waals surface area contributed by atoms with Gasteiger partial charge in [0.15, 0.2) is 0 Å². The van der Waals surface area contributed by atoms with Crippen LogP contribution in [0.3, 0.4) is 0 Å². The molecule has 0 radical (unpaired) electrons. The van der Waals surface area contributed by atoms with Crippen LogP contribution in [0, 0.1) is 0 Å². The Balaban J connectivity index is 2.30. The van der Waals surface area contributed by atoms with Crippen molar-refractivity contribution >= 4 is 18.0 Å². The molecule has 1 N–H and O–H groups in total. The van der Waals surface area contributed by atoms with Gasteiger partial charge in [0.05, 0.1) is 5.56 Å². The Hall–Kier alpha value is -3.14. The van der Waals surface area contributed by atoms with Gasteiger partial charge in [-0.25, -0.2) is 9.59 Å². The first-order valence-corrected chi connectivity index (χ1v) is 7.90. The molecule has 0 bridgehead atoms. The van der Waals surface area contributed by atoms with Crippen LogP contribution in [-0.2, 0) is 11.2 Å². The number of hydrogen-bond acceptors (Lipinski definition) is 3. The van der Waals surface area contributed by atoms with Crippen LogP contribution in [-0.4, -0.2) is 17.0 Å². The minimum absolute atomic E-state index is 0.423. The van der Waals surface area contributed by atoms with Crippen LogP contribution in [0.5, 0.6) is 5.75 Å². The highest BCUT2D eigenvalue weighted by atomic mass is 16.5. The van der Waals surface area contributed by atoms with Gasteiger partial charge in [-0.3, -0.25) is 0 Å². The molecule has 128 valence electrons. The van der Waals surface area contributed by atoms with Gasteiger partial charge in [-0.15, -0.1) is 0 Å². The summed E-state index contributed by atoms with van der Waals surface area (Å²) < 4.78 is 5.54. The average Bonchev–Trinajstić information content (AvgIpc) is 2.60. The third-order valence-electron chi connectivity index (χ3n) is 3.45. The van der Waals surface area contributed by atoms with E-state index in [1.807, 2.05) is 32.1 Å². The fraction of sp³-hybridized carbons (Fsp3) is 0.143. The normalized spacial score (nSPS) is 10.5. The number of esters is 1. The van der Waals surface area contributed by atoms with E-state index in [1.54, 1.807) is 36.4 Å². The van der Waals surface area contributed by atoms with E-state index < -0.39 is 11.9 Å². The van der Waals surface area contributed by atoms with Crippen molar-refractivity contribution in [2.75, 3.05) is 0 Å². The second-order valence-electron chi connectivity index (χ2n) is 5.78. The van der Waals surface area contributed by atoms with Crippen molar-refractivity contribution in [1.82, 2.24) is 0 Å². The maximum absolute atomic E-state index is 12.3. The highest BCUT2D eigenvalue weighted by Crippen LogP contribution is 2.23. The molecule has 0 aliphatic rings. The molecule has 4 nitrogen and oxygen atoms in total. The Bertz CT molecular complexity index is 813. The topological polar surface area (TPSA) is 63.6 Å². The molecule has 0 amide bonds. The van der Waals surface area contributed by atoms with Gasteiger partial charge >= 0.3 is 11.9 Å². The first kappa shape index (κ1) is 18.2. The molecule has 0 aliphatic heterocycles. The number of hydrogen-bond donors (Lipinski definition) is 1. The van der Waals surface area contributed by atoms with Gasteiger partial charge in [0, 0.05) is 6.08 Å². The zero-order chi connectivity index (χ0) is 18.2. The molecule has 0 aromatic heterocycles. The molecule has 2 aromatic rings. The van der Waals surface area contributed by atoms with Gasteiger partial charge in [-0.2, -0.15) is 0 Å². The predicted molar refractivity (Wildman–Crippen MR) is 97.6 cm³/mol. The van der Waals surface area contributed by atoms with E-state index in [4.69, 9.17) is 9.84 Å². The lowest BCUT2D eigenvalue weighted by molar-refractivity contribution is -0.131. The molecule has 0 saturated carbocycles. The SMILES string of the molecule is CC(C)=CCc1cc(/C=C/C(=O)O)ccc1OC(=O)c1ccccc1. The van der Waals surface area contributed by atoms with E-state index in [-0.39, 0.29) is 0 Å². The Morgan fingerprint density at radius 3 is 2.44 bits per heavy atom. The molecule has 2 rings (SSSR count). The summed E-state index contributed by atoms with van der Waals surface area (Å²) in [5, 5.41) is 8.75. The van der Waals surface area contributed by atoms with Gasteiger partial charge in [-0.05, 0) is 61.7 Å². The lowest BCUT2D eigenvalue weighted by Gasteiger charge is -2.10. The Morgan fingerprint density at radius 1 is 1.08 bits per heavy atom.